The lowest BCUT2D eigenvalue weighted by atomic mass is 9.98. The van der Waals surface area contributed by atoms with Gasteiger partial charge in [-0.1, -0.05) is 32.6 Å². The van der Waals surface area contributed by atoms with Gasteiger partial charge in [-0.25, -0.2) is 4.79 Å². The molecule has 1 aliphatic rings. The quantitative estimate of drug-likeness (QED) is 0.503. The zero-order valence-electron chi connectivity index (χ0n) is 9.67. The Morgan fingerprint density at radius 2 is 2.00 bits per heavy atom. The number of hydrogen-bond acceptors (Lipinski definition) is 3. The smallest absolute Gasteiger partial charge is 0.332 e. The van der Waals surface area contributed by atoms with Crippen LogP contribution in [0.2, 0.25) is 0 Å². The average Bonchev–Trinajstić information content (AvgIpc) is 2.28. The van der Waals surface area contributed by atoms with Crippen molar-refractivity contribution in [3.63, 3.8) is 0 Å². The number of hydrogen-bond donors (Lipinski definition) is 0. The minimum Gasteiger partial charge on any atom is -0.464 e. The summed E-state index contributed by atoms with van der Waals surface area (Å²) in [6.45, 7) is 2.74. The molecule has 0 heterocycles. The first-order valence-corrected chi connectivity index (χ1v) is 6.10. The van der Waals surface area contributed by atoms with Crippen LogP contribution >= 0.6 is 0 Å². The van der Waals surface area contributed by atoms with Crippen molar-refractivity contribution in [2.75, 3.05) is 13.2 Å². The molecule has 0 atom stereocenters. The Labute approximate surface area is 92.1 Å². The Morgan fingerprint density at radius 1 is 1.27 bits per heavy atom. The summed E-state index contributed by atoms with van der Waals surface area (Å²) in [5.74, 6) is -0.214. The third kappa shape index (κ3) is 5.78. The molecule has 0 aromatic heterocycles. The Kier molecular flexibility index (Phi) is 6.41. The highest BCUT2D eigenvalue weighted by atomic mass is 16.6. The van der Waals surface area contributed by atoms with Crippen molar-refractivity contribution >= 4 is 5.97 Å². The summed E-state index contributed by atoms with van der Waals surface area (Å²) < 4.78 is 10.5. The van der Waals surface area contributed by atoms with Gasteiger partial charge in [-0.2, -0.15) is 0 Å². The van der Waals surface area contributed by atoms with Crippen LogP contribution in [0, 0.1) is 0 Å². The van der Waals surface area contributed by atoms with Gasteiger partial charge in [-0.3, -0.25) is 0 Å². The lowest BCUT2D eigenvalue weighted by Gasteiger charge is -2.21. The molecule has 1 fully saturated rings. The van der Waals surface area contributed by atoms with E-state index in [-0.39, 0.29) is 18.7 Å². The Bertz CT molecular complexity index is 174. The highest BCUT2D eigenvalue weighted by Gasteiger charge is 2.15. The van der Waals surface area contributed by atoms with E-state index in [9.17, 15) is 4.79 Å². The van der Waals surface area contributed by atoms with Crippen molar-refractivity contribution in [3.05, 3.63) is 0 Å². The van der Waals surface area contributed by atoms with E-state index in [0.717, 1.165) is 25.7 Å². The third-order valence-corrected chi connectivity index (χ3v) is 2.75. The van der Waals surface area contributed by atoms with Crippen LogP contribution in [0.1, 0.15) is 51.9 Å². The first-order valence-electron chi connectivity index (χ1n) is 6.10. The zero-order valence-corrected chi connectivity index (χ0v) is 9.67. The molecular formula is C12H22O3. The Balaban J connectivity index is 2.00. The summed E-state index contributed by atoms with van der Waals surface area (Å²) in [4.78, 5) is 11.2. The standard InChI is InChI=1S/C12H22O3/c1-2-3-9-14-12(13)10-15-11-7-5-4-6-8-11/h11H,2-10H2,1H3. The molecular weight excluding hydrogens is 192 g/mol. The summed E-state index contributed by atoms with van der Waals surface area (Å²) in [6, 6.07) is 0. The molecule has 0 unspecified atom stereocenters. The van der Waals surface area contributed by atoms with Crippen LogP contribution in [0.4, 0.5) is 0 Å². The van der Waals surface area contributed by atoms with Gasteiger partial charge in [0.15, 0.2) is 0 Å². The first-order chi connectivity index (χ1) is 7.33. The summed E-state index contributed by atoms with van der Waals surface area (Å²) in [7, 11) is 0. The molecule has 3 heteroatoms. The van der Waals surface area contributed by atoms with Crippen LogP contribution in [0.3, 0.4) is 0 Å². The van der Waals surface area contributed by atoms with Gasteiger partial charge in [0, 0.05) is 0 Å². The molecule has 0 saturated heterocycles. The molecule has 1 aliphatic carbocycles. The van der Waals surface area contributed by atoms with E-state index in [1.165, 1.54) is 19.3 Å². The van der Waals surface area contributed by atoms with E-state index in [0.29, 0.717) is 6.61 Å². The lowest BCUT2D eigenvalue weighted by molar-refractivity contribution is -0.151. The number of unbranched alkanes of at least 4 members (excludes halogenated alkanes) is 1. The molecule has 1 rings (SSSR count). The van der Waals surface area contributed by atoms with Gasteiger partial charge in [0.25, 0.3) is 0 Å². The van der Waals surface area contributed by atoms with Gasteiger partial charge in [-0.15, -0.1) is 0 Å². The van der Waals surface area contributed by atoms with Crippen molar-refractivity contribution in [2.24, 2.45) is 0 Å². The van der Waals surface area contributed by atoms with Crippen LogP contribution < -0.4 is 0 Å². The topological polar surface area (TPSA) is 35.5 Å². The molecule has 0 aromatic rings. The monoisotopic (exact) mass is 214 g/mol. The minimum atomic E-state index is -0.214. The molecule has 0 aromatic carbocycles. The molecule has 0 radical (unpaired) electrons. The summed E-state index contributed by atoms with van der Waals surface area (Å²) in [5.41, 5.74) is 0. The molecule has 0 N–H and O–H groups in total. The van der Waals surface area contributed by atoms with E-state index < -0.39 is 0 Å². The predicted octanol–water partition coefficient (Wildman–Crippen LogP) is 2.68. The maximum Gasteiger partial charge on any atom is 0.332 e. The fourth-order valence-corrected chi connectivity index (χ4v) is 1.79. The molecule has 88 valence electrons. The second kappa shape index (κ2) is 7.69. The maximum atomic E-state index is 11.2. The van der Waals surface area contributed by atoms with Crippen molar-refractivity contribution < 1.29 is 14.3 Å². The highest BCUT2D eigenvalue weighted by molar-refractivity contribution is 5.70. The number of ether oxygens (including phenoxy) is 2. The molecule has 0 amide bonds. The summed E-state index contributed by atoms with van der Waals surface area (Å²) >= 11 is 0. The average molecular weight is 214 g/mol. The Hall–Kier alpha value is -0.570. The number of esters is 1. The van der Waals surface area contributed by atoms with Gasteiger partial charge < -0.3 is 9.47 Å². The number of carbonyl (C=O) groups is 1. The van der Waals surface area contributed by atoms with Crippen molar-refractivity contribution in [1.82, 2.24) is 0 Å². The molecule has 1 saturated carbocycles. The van der Waals surface area contributed by atoms with E-state index in [1.807, 2.05) is 0 Å². The molecule has 15 heavy (non-hydrogen) atoms. The van der Waals surface area contributed by atoms with Crippen molar-refractivity contribution in [2.45, 2.75) is 58.0 Å². The molecule has 3 nitrogen and oxygen atoms in total. The Morgan fingerprint density at radius 3 is 2.67 bits per heavy atom. The van der Waals surface area contributed by atoms with Crippen LogP contribution in [0.25, 0.3) is 0 Å². The number of carbonyl (C=O) groups excluding carboxylic acids is 1. The van der Waals surface area contributed by atoms with E-state index in [4.69, 9.17) is 9.47 Å². The highest BCUT2D eigenvalue weighted by Crippen LogP contribution is 2.19. The van der Waals surface area contributed by atoms with Crippen LogP contribution in [-0.2, 0) is 14.3 Å². The first kappa shape index (κ1) is 12.5. The van der Waals surface area contributed by atoms with Gasteiger partial charge in [0.05, 0.1) is 12.7 Å². The SMILES string of the molecule is CCCCOC(=O)COC1CCCCC1. The molecule has 0 bridgehead atoms. The fourth-order valence-electron chi connectivity index (χ4n) is 1.79. The predicted molar refractivity (Wildman–Crippen MR) is 58.7 cm³/mol. The second-order valence-corrected chi connectivity index (χ2v) is 4.15. The van der Waals surface area contributed by atoms with Crippen molar-refractivity contribution in [1.29, 1.82) is 0 Å². The van der Waals surface area contributed by atoms with Gasteiger partial charge in [-0.05, 0) is 19.3 Å². The summed E-state index contributed by atoms with van der Waals surface area (Å²) in [5, 5.41) is 0. The van der Waals surface area contributed by atoms with E-state index >= 15 is 0 Å². The van der Waals surface area contributed by atoms with Gasteiger partial charge in [0.2, 0.25) is 0 Å². The summed E-state index contributed by atoms with van der Waals surface area (Å²) in [6.07, 6.45) is 8.25. The third-order valence-electron chi connectivity index (χ3n) is 2.75. The van der Waals surface area contributed by atoms with Crippen LogP contribution in [0.15, 0.2) is 0 Å². The zero-order chi connectivity index (χ0) is 10.9. The maximum absolute atomic E-state index is 11.2. The minimum absolute atomic E-state index is 0.133. The van der Waals surface area contributed by atoms with E-state index in [2.05, 4.69) is 6.92 Å². The number of rotatable bonds is 6. The van der Waals surface area contributed by atoms with Gasteiger partial charge >= 0.3 is 5.97 Å². The normalized spacial score (nSPS) is 17.7. The lowest BCUT2D eigenvalue weighted by Crippen LogP contribution is -2.22. The fraction of sp³-hybridized carbons (Fsp3) is 0.917. The van der Waals surface area contributed by atoms with E-state index in [1.54, 1.807) is 0 Å². The largest absolute Gasteiger partial charge is 0.464 e. The van der Waals surface area contributed by atoms with Gasteiger partial charge in [0.1, 0.15) is 6.61 Å². The molecule has 0 aliphatic heterocycles. The van der Waals surface area contributed by atoms with Crippen LogP contribution in [0.5, 0.6) is 0 Å². The van der Waals surface area contributed by atoms with Crippen molar-refractivity contribution in [3.8, 4) is 0 Å². The van der Waals surface area contributed by atoms with Crippen LogP contribution in [-0.4, -0.2) is 25.3 Å². The molecule has 0 spiro atoms. The second-order valence-electron chi connectivity index (χ2n) is 4.15.